The number of hydrogen-bond donors (Lipinski definition) is 2. The minimum Gasteiger partial charge on any atom is -0.357 e. The van der Waals surface area contributed by atoms with Crippen LogP contribution in [0.2, 0.25) is 0 Å². The lowest BCUT2D eigenvalue weighted by molar-refractivity contribution is -0.130. The average Bonchev–Trinajstić information content (AvgIpc) is 3.09. The topological polar surface area (TPSA) is 56.7 Å². The summed E-state index contributed by atoms with van der Waals surface area (Å²) in [6, 6.07) is 4.28. The summed E-state index contributed by atoms with van der Waals surface area (Å²) in [5.74, 6) is 1.18. The summed E-state index contributed by atoms with van der Waals surface area (Å²) in [6.07, 6.45) is 5.03. The van der Waals surface area contributed by atoms with Gasteiger partial charge < -0.3 is 15.5 Å². The summed E-state index contributed by atoms with van der Waals surface area (Å²) in [5.41, 5.74) is 0.0367. The fraction of sp³-hybridized carbons (Fsp3) is 0.700. The van der Waals surface area contributed by atoms with Crippen molar-refractivity contribution < 1.29 is 4.79 Å². The van der Waals surface area contributed by atoms with E-state index in [2.05, 4.69) is 48.9 Å². The molecule has 0 bridgehead atoms. The predicted octanol–water partition coefficient (Wildman–Crippen LogP) is 3.37. The van der Waals surface area contributed by atoms with Crippen molar-refractivity contribution in [3.05, 3.63) is 22.4 Å². The van der Waals surface area contributed by atoms with Gasteiger partial charge in [0.05, 0.1) is 6.54 Å². The summed E-state index contributed by atoms with van der Waals surface area (Å²) in [4.78, 5) is 20.2. The highest BCUT2D eigenvalue weighted by molar-refractivity contribution is 7.10. The predicted molar refractivity (Wildman–Crippen MR) is 111 cm³/mol. The molecule has 0 aliphatic carbocycles. The summed E-state index contributed by atoms with van der Waals surface area (Å²) in [5, 5.41) is 8.85. The quantitative estimate of drug-likeness (QED) is 0.414. The van der Waals surface area contributed by atoms with Crippen molar-refractivity contribution in [2.24, 2.45) is 4.99 Å². The van der Waals surface area contributed by atoms with Crippen LogP contribution in [0.25, 0.3) is 0 Å². The lowest BCUT2D eigenvalue weighted by atomic mass is 9.92. The van der Waals surface area contributed by atoms with Gasteiger partial charge in [-0.1, -0.05) is 26.3 Å². The van der Waals surface area contributed by atoms with Crippen molar-refractivity contribution in [1.29, 1.82) is 0 Å². The Kier molecular flexibility index (Phi) is 8.42. The molecule has 146 valence electrons. The molecule has 0 atom stereocenters. The Morgan fingerprint density at radius 1 is 1.31 bits per heavy atom. The van der Waals surface area contributed by atoms with Crippen LogP contribution >= 0.6 is 11.3 Å². The van der Waals surface area contributed by atoms with E-state index in [1.54, 1.807) is 11.3 Å². The van der Waals surface area contributed by atoms with Gasteiger partial charge in [-0.3, -0.25) is 9.79 Å². The van der Waals surface area contributed by atoms with Crippen molar-refractivity contribution >= 4 is 23.2 Å². The maximum atomic E-state index is 12.0. The fourth-order valence-corrected chi connectivity index (χ4v) is 3.96. The van der Waals surface area contributed by atoms with Crippen LogP contribution in [0.15, 0.2) is 22.5 Å². The molecule has 0 spiro atoms. The fourth-order valence-electron chi connectivity index (χ4n) is 3.11. The van der Waals surface area contributed by atoms with Crippen LogP contribution in [-0.2, 0) is 10.2 Å². The van der Waals surface area contributed by atoms with Crippen molar-refractivity contribution in [3.8, 4) is 0 Å². The number of thiophene rings is 1. The number of nitrogens with zero attached hydrogens (tertiary/aromatic N) is 2. The zero-order chi connectivity index (χ0) is 18.8. The highest BCUT2D eigenvalue weighted by Gasteiger charge is 2.21. The van der Waals surface area contributed by atoms with Crippen molar-refractivity contribution in [2.75, 3.05) is 32.7 Å². The molecule has 1 fully saturated rings. The Morgan fingerprint density at radius 3 is 2.88 bits per heavy atom. The van der Waals surface area contributed by atoms with Gasteiger partial charge in [-0.2, -0.15) is 0 Å². The molecule has 2 rings (SSSR count). The Bertz CT molecular complexity index is 568. The second kappa shape index (κ2) is 10.6. The number of nitrogens with one attached hydrogen (secondary N) is 2. The van der Waals surface area contributed by atoms with Crippen LogP contribution in [0, 0.1) is 0 Å². The van der Waals surface area contributed by atoms with E-state index in [1.807, 2.05) is 4.90 Å². The smallest absolute Gasteiger partial charge is 0.222 e. The SMILES string of the molecule is CCNC(=NCC(C)(C)c1cccs1)NCCCN1CCCCCC1=O. The van der Waals surface area contributed by atoms with Gasteiger partial charge in [-0.15, -0.1) is 11.3 Å². The van der Waals surface area contributed by atoms with E-state index >= 15 is 0 Å². The number of rotatable bonds is 8. The number of guanidine groups is 1. The normalized spacial score (nSPS) is 16.5. The molecular weight excluding hydrogens is 344 g/mol. The Balaban J connectivity index is 1.79. The van der Waals surface area contributed by atoms with Gasteiger partial charge in [-0.05, 0) is 37.6 Å². The molecule has 0 aromatic carbocycles. The average molecular weight is 379 g/mol. The van der Waals surface area contributed by atoms with E-state index in [0.29, 0.717) is 5.91 Å². The van der Waals surface area contributed by atoms with E-state index in [9.17, 15) is 4.79 Å². The zero-order valence-corrected chi connectivity index (χ0v) is 17.3. The summed E-state index contributed by atoms with van der Waals surface area (Å²) in [6.45, 7) is 10.7. The second-order valence-corrected chi connectivity index (χ2v) is 8.48. The summed E-state index contributed by atoms with van der Waals surface area (Å²) >= 11 is 1.79. The summed E-state index contributed by atoms with van der Waals surface area (Å²) < 4.78 is 0. The largest absolute Gasteiger partial charge is 0.357 e. The van der Waals surface area contributed by atoms with E-state index in [4.69, 9.17) is 4.99 Å². The number of amides is 1. The van der Waals surface area contributed by atoms with E-state index in [-0.39, 0.29) is 5.41 Å². The molecule has 0 saturated carbocycles. The first kappa shape index (κ1) is 20.7. The van der Waals surface area contributed by atoms with Crippen LogP contribution in [-0.4, -0.2) is 49.5 Å². The number of carbonyl (C=O) groups is 1. The molecule has 5 nitrogen and oxygen atoms in total. The van der Waals surface area contributed by atoms with Crippen molar-refractivity contribution in [1.82, 2.24) is 15.5 Å². The first-order chi connectivity index (χ1) is 12.5. The van der Waals surface area contributed by atoms with E-state index < -0.39 is 0 Å². The Labute approximate surface area is 162 Å². The van der Waals surface area contributed by atoms with Crippen molar-refractivity contribution in [2.45, 2.75) is 58.3 Å². The molecule has 0 radical (unpaired) electrons. The number of likely N-dealkylation sites (tertiary alicyclic amines) is 1. The molecule has 1 amide bonds. The second-order valence-electron chi connectivity index (χ2n) is 7.53. The van der Waals surface area contributed by atoms with E-state index in [1.165, 1.54) is 11.3 Å². The third-order valence-electron chi connectivity index (χ3n) is 4.73. The monoisotopic (exact) mass is 378 g/mol. The van der Waals surface area contributed by atoms with Gasteiger partial charge in [0.1, 0.15) is 0 Å². The zero-order valence-electron chi connectivity index (χ0n) is 16.5. The molecule has 2 N–H and O–H groups in total. The molecule has 26 heavy (non-hydrogen) atoms. The first-order valence-electron chi connectivity index (χ1n) is 9.87. The third kappa shape index (κ3) is 6.63. The molecule has 1 aromatic rings. The maximum Gasteiger partial charge on any atom is 0.222 e. The van der Waals surface area contributed by atoms with Crippen LogP contribution in [0.5, 0.6) is 0 Å². The lowest BCUT2D eigenvalue weighted by Crippen LogP contribution is -2.40. The standard InChI is InChI=1S/C20H34N4OS/c1-4-21-19(23-16-20(2,3)17-10-8-15-26-17)22-12-9-14-24-13-7-5-6-11-18(24)25/h8,10,15H,4-7,9,11-14,16H2,1-3H3,(H2,21,22,23). The highest BCUT2D eigenvalue weighted by atomic mass is 32.1. The molecule has 1 saturated heterocycles. The van der Waals surface area contributed by atoms with Crippen LogP contribution < -0.4 is 10.6 Å². The maximum absolute atomic E-state index is 12.0. The highest BCUT2D eigenvalue weighted by Crippen LogP contribution is 2.27. The Hall–Kier alpha value is -1.56. The van der Waals surface area contributed by atoms with Gasteiger partial charge in [0.15, 0.2) is 5.96 Å². The van der Waals surface area contributed by atoms with Crippen molar-refractivity contribution in [3.63, 3.8) is 0 Å². The third-order valence-corrected chi connectivity index (χ3v) is 5.97. The van der Waals surface area contributed by atoms with Crippen LogP contribution in [0.1, 0.15) is 57.8 Å². The van der Waals surface area contributed by atoms with Gasteiger partial charge in [0, 0.05) is 42.9 Å². The number of hydrogen-bond acceptors (Lipinski definition) is 3. The van der Waals surface area contributed by atoms with Gasteiger partial charge in [0.25, 0.3) is 0 Å². The summed E-state index contributed by atoms with van der Waals surface area (Å²) in [7, 11) is 0. The van der Waals surface area contributed by atoms with Gasteiger partial charge in [-0.25, -0.2) is 0 Å². The number of aliphatic imine (C=N–C) groups is 1. The molecule has 0 unspecified atom stereocenters. The van der Waals surface area contributed by atoms with Crippen LogP contribution in [0.3, 0.4) is 0 Å². The molecule has 1 aliphatic heterocycles. The number of carbonyl (C=O) groups excluding carboxylic acids is 1. The Morgan fingerprint density at radius 2 is 2.15 bits per heavy atom. The molecule has 6 heteroatoms. The van der Waals surface area contributed by atoms with E-state index in [0.717, 1.165) is 64.4 Å². The molecule has 1 aliphatic rings. The molecular formula is C20H34N4OS. The van der Waals surface area contributed by atoms with Crippen LogP contribution in [0.4, 0.5) is 0 Å². The first-order valence-corrected chi connectivity index (χ1v) is 10.7. The van der Waals surface area contributed by atoms with Gasteiger partial charge >= 0.3 is 0 Å². The minimum atomic E-state index is 0.0367. The minimum absolute atomic E-state index is 0.0367. The van der Waals surface area contributed by atoms with Gasteiger partial charge in [0.2, 0.25) is 5.91 Å². The molecule has 2 heterocycles. The lowest BCUT2D eigenvalue weighted by Gasteiger charge is -2.22. The molecule has 1 aromatic heterocycles.